The zero-order chi connectivity index (χ0) is 21.3. The van der Waals surface area contributed by atoms with Crippen molar-refractivity contribution >= 4 is 39.1 Å². The Hall–Kier alpha value is -2.73. The van der Waals surface area contributed by atoms with Crippen LogP contribution in [0.2, 0.25) is 0 Å². The van der Waals surface area contributed by atoms with E-state index >= 15 is 0 Å². The molecular formula is C24H27N3O2S. The second-order valence-corrected chi connectivity index (χ2v) is 8.98. The number of piperidine rings is 1. The first-order chi connectivity index (χ1) is 14.5. The number of hydrogen-bond donors (Lipinski definition) is 1. The van der Waals surface area contributed by atoms with Gasteiger partial charge in [-0.15, -0.1) is 11.3 Å². The molecule has 30 heavy (non-hydrogen) atoms. The number of aromatic nitrogens is 1. The van der Waals surface area contributed by atoms with E-state index in [1.165, 1.54) is 23.8 Å². The van der Waals surface area contributed by atoms with Gasteiger partial charge in [-0.3, -0.25) is 9.59 Å². The summed E-state index contributed by atoms with van der Waals surface area (Å²) in [5.41, 5.74) is 5.04. The average Bonchev–Trinajstić information content (AvgIpc) is 3.09. The molecule has 1 aliphatic rings. The standard InChI is InChI=1S/C24H27N3O2S/c1-15-19(14-18-10-6-4-7-11-18)16(2)25-23-20(15)21(26-17(3)28)22(30-23)24(29)27-12-8-5-9-13-27/h4,6-7,10-11H,5,8-9,12-14H2,1-3H3,(H,26,28). The Kier molecular flexibility index (Phi) is 5.86. The zero-order valence-electron chi connectivity index (χ0n) is 17.7. The van der Waals surface area contributed by atoms with Crippen molar-refractivity contribution in [2.24, 2.45) is 0 Å². The van der Waals surface area contributed by atoms with Gasteiger partial charge in [0.1, 0.15) is 9.71 Å². The van der Waals surface area contributed by atoms with Gasteiger partial charge in [0, 0.05) is 31.1 Å². The van der Waals surface area contributed by atoms with Crippen molar-refractivity contribution in [2.75, 3.05) is 18.4 Å². The minimum Gasteiger partial charge on any atom is -0.338 e. The van der Waals surface area contributed by atoms with E-state index in [-0.39, 0.29) is 11.8 Å². The zero-order valence-corrected chi connectivity index (χ0v) is 18.6. The van der Waals surface area contributed by atoms with Gasteiger partial charge in [0.25, 0.3) is 5.91 Å². The number of thiophene rings is 1. The van der Waals surface area contributed by atoms with Crippen molar-refractivity contribution in [3.63, 3.8) is 0 Å². The van der Waals surface area contributed by atoms with Crippen LogP contribution in [0, 0.1) is 13.8 Å². The van der Waals surface area contributed by atoms with Gasteiger partial charge in [-0.05, 0) is 56.2 Å². The summed E-state index contributed by atoms with van der Waals surface area (Å²) < 4.78 is 0. The fourth-order valence-electron chi connectivity index (χ4n) is 4.23. The fourth-order valence-corrected chi connectivity index (χ4v) is 5.44. The van der Waals surface area contributed by atoms with Crippen molar-refractivity contribution in [3.05, 3.63) is 57.6 Å². The number of fused-ring (bicyclic) bond motifs is 1. The molecule has 2 aromatic heterocycles. The molecule has 5 nitrogen and oxygen atoms in total. The van der Waals surface area contributed by atoms with Gasteiger partial charge < -0.3 is 10.2 Å². The van der Waals surface area contributed by atoms with Crippen molar-refractivity contribution in [2.45, 2.75) is 46.5 Å². The van der Waals surface area contributed by atoms with Crippen LogP contribution >= 0.6 is 11.3 Å². The molecule has 4 rings (SSSR count). The molecular weight excluding hydrogens is 394 g/mol. The summed E-state index contributed by atoms with van der Waals surface area (Å²) >= 11 is 1.39. The SMILES string of the molecule is CC(=O)Nc1c(C(=O)N2CCCCC2)sc2nc(C)c(Cc3ccccc3)c(C)c12. The smallest absolute Gasteiger partial charge is 0.266 e. The summed E-state index contributed by atoms with van der Waals surface area (Å²) in [6.07, 6.45) is 4.00. The summed E-state index contributed by atoms with van der Waals surface area (Å²) in [5.74, 6) is -0.171. The highest BCUT2D eigenvalue weighted by atomic mass is 32.1. The molecule has 3 aromatic rings. The van der Waals surface area contributed by atoms with E-state index < -0.39 is 0 Å². The molecule has 1 aliphatic heterocycles. The number of amides is 2. The monoisotopic (exact) mass is 421 g/mol. The fraction of sp³-hybridized carbons (Fsp3) is 0.375. The van der Waals surface area contributed by atoms with Crippen LogP contribution in [0.4, 0.5) is 5.69 Å². The van der Waals surface area contributed by atoms with Gasteiger partial charge in [0.15, 0.2) is 0 Å². The average molecular weight is 422 g/mol. The number of likely N-dealkylation sites (tertiary alicyclic amines) is 1. The maximum absolute atomic E-state index is 13.3. The summed E-state index contributed by atoms with van der Waals surface area (Å²) in [7, 11) is 0. The van der Waals surface area contributed by atoms with Gasteiger partial charge in [-0.1, -0.05) is 30.3 Å². The third-order valence-corrected chi connectivity index (χ3v) is 6.86. The maximum atomic E-state index is 13.3. The lowest BCUT2D eigenvalue weighted by Crippen LogP contribution is -2.35. The van der Waals surface area contributed by atoms with Crippen LogP contribution in [-0.2, 0) is 11.2 Å². The highest BCUT2D eigenvalue weighted by molar-refractivity contribution is 7.21. The Labute approximate surface area is 181 Å². The van der Waals surface area contributed by atoms with Crippen LogP contribution in [0.25, 0.3) is 10.2 Å². The number of nitrogens with zero attached hydrogens (tertiary/aromatic N) is 2. The Morgan fingerprint density at radius 3 is 2.47 bits per heavy atom. The molecule has 1 N–H and O–H groups in total. The van der Waals surface area contributed by atoms with E-state index in [2.05, 4.69) is 24.4 Å². The highest BCUT2D eigenvalue weighted by Gasteiger charge is 2.27. The van der Waals surface area contributed by atoms with Crippen LogP contribution in [0.15, 0.2) is 30.3 Å². The molecule has 3 heterocycles. The number of nitrogens with one attached hydrogen (secondary N) is 1. The van der Waals surface area contributed by atoms with E-state index in [1.807, 2.05) is 30.0 Å². The second-order valence-electron chi connectivity index (χ2n) is 7.98. The third-order valence-electron chi connectivity index (χ3n) is 5.79. The van der Waals surface area contributed by atoms with E-state index in [0.29, 0.717) is 10.6 Å². The lowest BCUT2D eigenvalue weighted by molar-refractivity contribution is -0.114. The van der Waals surface area contributed by atoms with Crippen LogP contribution in [0.1, 0.15) is 58.2 Å². The molecule has 0 atom stereocenters. The summed E-state index contributed by atoms with van der Waals surface area (Å²) in [6.45, 7) is 7.13. The van der Waals surface area contributed by atoms with E-state index in [9.17, 15) is 9.59 Å². The lowest BCUT2D eigenvalue weighted by Gasteiger charge is -2.26. The first kappa shape index (κ1) is 20.5. The number of carbonyl (C=O) groups is 2. The lowest BCUT2D eigenvalue weighted by atomic mass is 9.97. The van der Waals surface area contributed by atoms with Gasteiger partial charge >= 0.3 is 0 Å². The number of hydrogen-bond acceptors (Lipinski definition) is 4. The number of benzene rings is 1. The van der Waals surface area contributed by atoms with E-state index in [4.69, 9.17) is 4.98 Å². The molecule has 156 valence electrons. The van der Waals surface area contributed by atoms with Crippen molar-refractivity contribution in [1.82, 2.24) is 9.88 Å². The summed E-state index contributed by atoms with van der Waals surface area (Å²) in [5, 5.41) is 3.85. The molecule has 1 saturated heterocycles. The Morgan fingerprint density at radius 2 is 1.80 bits per heavy atom. The summed E-state index contributed by atoms with van der Waals surface area (Å²) in [4.78, 5) is 33.5. The molecule has 0 aliphatic carbocycles. The first-order valence-electron chi connectivity index (χ1n) is 10.5. The minimum absolute atomic E-state index is 0.00288. The van der Waals surface area contributed by atoms with E-state index in [1.54, 1.807) is 0 Å². The Balaban J connectivity index is 1.84. The van der Waals surface area contributed by atoms with Crippen LogP contribution in [0.3, 0.4) is 0 Å². The first-order valence-corrected chi connectivity index (χ1v) is 11.3. The molecule has 1 aromatic carbocycles. The normalized spacial score (nSPS) is 14.2. The molecule has 1 fully saturated rings. The molecule has 0 bridgehead atoms. The molecule has 0 unspecified atom stereocenters. The number of pyridine rings is 1. The molecule has 2 amide bonds. The third kappa shape index (κ3) is 3.97. The molecule has 0 spiro atoms. The van der Waals surface area contributed by atoms with Gasteiger partial charge in [-0.2, -0.15) is 0 Å². The van der Waals surface area contributed by atoms with Crippen molar-refractivity contribution in [1.29, 1.82) is 0 Å². The number of aryl methyl sites for hydroxylation is 2. The van der Waals surface area contributed by atoms with Crippen LogP contribution in [-0.4, -0.2) is 34.8 Å². The number of anilines is 1. The largest absolute Gasteiger partial charge is 0.338 e. The van der Waals surface area contributed by atoms with Crippen molar-refractivity contribution in [3.8, 4) is 0 Å². The number of rotatable bonds is 4. The topological polar surface area (TPSA) is 62.3 Å². The summed E-state index contributed by atoms with van der Waals surface area (Å²) in [6, 6.07) is 10.3. The van der Waals surface area contributed by atoms with Gasteiger partial charge in [0.2, 0.25) is 5.91 Å². The molecule has 6 heteroatoms. The van der Waals surface area contributed by atoms with Crippen molar-refractivity contribution < 1.29 is 9.59 Å². The minimum atomic E-state index is -0.174. The van der Waals surface area contributed by atoms with E-state index in [0.717, 1.165) is 65.8 Å². The molecule has 0 saturated carbocycles. The predicted octanol–water partition coefficient (Wildman–Crippen LogP) is 5.09. The van der Waals surface area contributed by atoms with Crippen LogP contribution in [0.5, 0.6) is 0 Å². The second kappa shape index (κ2) is 8.56. The Bertz CT molecular complexity index is 1100. The van der Waals surface area contributed by atoms with Crippen LogP contribution < -0.4 is 5.32 Å². The predicted molar refractivity (Wildman–Crippen MR) is 122 cm³/mol. The highest BCUT2D eigenvalue weighted by Crippen LogP contribution is 2.40. The maximum Gasteiger partial charge on any atom is 0.266 e. The Morgan fingerprint density at radius 1 is 1.10 bits per heavy atom. The van der Waals surface area contributed by atoms with Gasteiger partial charge in [0.05, 0.1) is 5.69 Å². The quantitative estimate of drug-likeness (QED) is 0.638. The molecule has 0 radical (unpaired) electrons. The van der Waals surface area contributed by atoms with Gasteiger partial charge in [-0.25, -0.2) is 4.98 Å². The number of carbonyl (C=O) groups excluding carboxylic acids is 2.